The number of halogens is 1. The van der Waals surface area contributed by atoms with Gasteiger partial charge in [0.05, 0.1) is 12.1 Å². The lowest BCUT2D eigenvalue weighted by Gasteiger charge is -2.17. The van der Waals surface area contributed by atoms with E-state index in [2.05, 4.69) is 5.32 Å². The Hall–Kier alpha value is -3.74. The van der Waals surface area contributed by atoms with Crippen molar-refractivity contribution in [3.63, 3.8) is 0 Å². The second kappa shape index (κ2) is 8.97. The summed E-state index contributed by atoms with van der Waals surface area (Å²) in [6, 6.07) is 18.0. The molecule has 0 unspecified atom stereocenters. The lowest BCUT2D eigenvalue weighted by Crippen LogP contribution is -2.37. The van der Waals surface area contributed by atoms with Crippen LogP contribution >= 0.6 is 0 Å². The van der Waals surface area contributed by atoms with Gasteiger partial charge < -0.3 is 15.0 Å². The minimum Gasteiger partial charge on any atom is -0.452 e. The number of anilines is 1. The number of fused-ring (bicyclic) bond motifs is 1. The number of hydrogen-bond acceptors (Lipinski definition) is 4. The van der Waals surface area contributed by atoms with E-state index in [1.54, 1.807) is 18.2 Å². The number of benzene rings is 3. The van der Waals surface area contributed by atoms with Crippen LogP contribution in [0.15, 0.2) is 66.7 Å². The number of ether oxygens (including phenoxy) is 1. The molecule has 3 aromatic rings. The highest BCUT2D eigenvalue weighted by Gasteiger charge is 2.16. The average Bonchev–Trinajstić information content (AvgIpc) is 2.72. The number of amides is 2. The molecule has 148 valence electrons. The number of rotatable bonds is 6. The summed E-state index contributed by atoms with van der Waals surface area (Å²) in [6.07, 6.45) is 0. The van der Waals surface area contributed by atoms with Crippen molar-refractivity contribution in [3.8, 4) is 0 Å². The van der Waals surface area contributed by atoms with Gasteiger partial charge in [-0.3, -0.25) is 9.59 Å². The number of esters is 1. The highest BCUT2D eigenvalue weighted by Crippen LogP contribution is 2.16. The van der Waals surface area contributed by atoms with E-state index >= 15 is 0 Å². The molecule has 29 heavy (non-hydrogen) atoms. The first-order valence-electron chi connectivity index (χ1n) is 8.88. The fourth-order valence-corrected chi connectivity index (χ4v) is 2.67. The molecule has 7 heteroatoms. The Balaban J connectivity index is 1.50. The summed E-state index contributed by atoms with van der Waals surface area (Å²) in [7, 11) is 1.43. The number of nitrogens with one attached hydrogen (secondary N) is 1. The molecule has 0 saturated heterocycles. The monoisotopic (exact) mass is 394 g/mol. The largest absolute Gasteiger partial charge is 0.452 e. The molecule has 0 heterocycles. The maximum absolute atomic E-state index is 12.9. The smallest absolute Gasteiger partial charge is 0.338 e. The van der Waals surface area contributed by atoms with Gasteiger partial charge in [-0.1, -0.05) is 30.3 Å². The first-order chi connectivity index (χ1) is 13.9. The van der Waals surface area contributed by atoms with E-state index in [1.807, 2.05) is 24.3 Å². The van der Waals surface area contributed by atoms with Crippen LogP contribution in [0.1, 0.15) is 10.4 Å². The number of hydrogen-bond donors (Lipinski definition) is 1. The van der Waals surface area contributed by atoms with Gasteiger partial charge in [0.1, 0.15) is 5.82 Å². The lowest BCUT2D eigenvalue weighted by molar-refractivity contribution is -0.136. The molecule has 3 aromatic carbocycles. The minimum absolute atomic E-state index is 0.232. The van der Waals surface area contributed by atoms with Gasteiger partial charge in [-0.05, 0) is 47.2 Å². The second-order valence-corrected chi connectivity index (χ2v) is 6.44. The summed E-state index contributed by atoms with van der Waals surface area (Å²) in [5.41, 5.74) is 0.758. The lowest BCUT2D eigenvalue weighted by atomic mass is 10.1. The van der Waals surface area contributed by atoms with Crippen molar-refractivity contribution in [1.29, 1.82) is 0 Å². The van der Waals surface area contributed by atoms with Crippen molar-refractivity contribution in [2.75, 3.05) is 25.5 Å². The Kier molecular flexibility index (Phi) is 6.19. The van der Waals surface area contributed by atoms with Crippen LogP contribution < -0.4 is 5.32 Å². The molecule has 0 atom stereocenters. The number of carbonyl (C=O) groups is 3. The molecule has 0 radical (unpaired) electrons. The summed E-state index contributed by atoms with van der Waals surface area (Å²) in [4.78, 5) is 37.5. The third-order valence-corrected chi connectivity index (χ3v) is 4.25. The van der Waals surface area contributed by atoms with Crippen molar-refractivity contribution in [2.24, 2.45) is 0 Å². The fraction of sp³-hybridized carbons (Fsp3) is 0.136. The van der Waals surface area contributed by atoms with Gasteiger partial charge >= 0.3 is 5.97 Å². The summed E-state index contributed by atoms with van der Waals surface area (Å²) in [5, 5.41) is 4.44. The van der Waals surface area contributed by atoms with Gasteiger partial charge in [0.25, 0.3) is 5.91 Å². The summed E-state index contributed by atoms with van der Waals surface area (Å²) < 4.78 is 18.0. The van der Waals surface area contributed by atoms with Crippen molar-refractivity contribution in [1.82, 2.24) is 4.90 Å². The Morgan fingerprint density at radius 1 is 0.966 bits per heavy atom. The van der Waals surface area contributed by atoms with E-state index in [4.69, 9.17) is 4.74 Å². The predicted octanol–water partition coefficient (Wildman–Crippen LogP) is 3.23. The third kappa shape index (κ3) is 5.38. The summed E-state index contributed by atoms with van der Waals surface area (Å²) in [6.45, 7) is -0.713. The Morgan fingerprint density at radius 3 is 2.38 bits per heavy atom. The zero-order valence-corrected chi connectivity index (χ0v) is 15.7. The van der Waals surface area contributed by atoms with Crippen LogP contribution in [0.25, 0.3) is 10.8 Å². The van der Waals surface area contributed by atoms with Crippen molar-refractivity contribution in [2.45, 2.75) is 0 Å². The van der Waals surface area contributed by atoms with Crippen LogP contribution in [0, 0.1) is 5.82 Å². The highest BCUT2D eigenvalue weighted by molar-refractivity contribution is 5.97. The van der Waals surface area contributed by atoms with Gasteiger partial charge in [-0.2, -0.15) is 0 Å². The standard InChI is InChI=1S/C22H19FN2O4/c1-25(13-20(26)24-19-10-8-18(23)9-11-19)21(27)14-29-22(28)17-7-6-15-4-2-3-5-16(15)12-17/h2-12H,13-14H2,1H3,(H,24,26). The van der Waals surface area contributed by atoms with Gasteiger partial charge in [-0.15, -0.1) is 0 Å². The third-order valence-electron chi connectivity index (χ3n) is 4.25. The quantitative estimate of drug-likeness (QED) is 0.652. The van der Waals surface area contributed by atoms with Crippen LogP contribution in [0.3, 0.4) is 0 Å². The van der Waals surface area contributed by atoms with Gasteiger partial charge in [0.15, 0.2) is 6.61 Å². The molecule has 0 spiro atoms. The molecule has 6 nitrogen and oxygen atoms in total. The summed E-state index contributed by atoms with van der Waals surface area (Å²) in [5.74, 6) is -2.00. The van der Waals surface area contributed by atoms with E-state index in [-0.39, 0.29) is 6.54 Å². The van der Waals surface area contributed by atoms with E-state index in [0.29, 0.717) is 11.3 Å². The van der Waals surface area contributed by atoms with Crippen LogP contribution in [0.2, 0.25) is 0 Å². The Morgan fingerprint density at radius 2 is 1.66 bits per heavy atom. The Labute approximate surface area is 166 Å². The maximum Gasteiger partial charge on any atom is 0.338 e. The molecule has 0 fully saturated rings. The normalized spacial score (nSPS) is 10.4. The highest BCUT2D eigenvalue weighted by atomic mass is 19.1. The average molecular weight is 394 g/mol. The topological polar surface area (TPSA) is 75.7 Å². The van der Waals surface area contributed by atoms with Crippen molar-refractivity contribution < 1.29 is 23.5 Å². The molecule has 1 N–H and O–H groups in total. The minimum atomic E-state index is -0.617. The molecule has 0 saturated carbocycles. The maximum atomic E-state index is 12.9. The van der Waals surface area contributed by atoms with Crippen molar-refractivity contribution in [3.05, 3.63) is 78.1 Å². The second-order valence-electron chi connectivity index (χ2n) is 6.44. The molecule has 2 amide bonds. The van der Waals surface area contributed by atoms with E-state index in [0.717, 1.165) is 15.7 Å². The van der Waals surface area contributed by atoms with Crippen LogP contribution in [-0.4, -0.2) is 42.9 Å². The first kappa shape index (κ1) is 20.0. The van der Waals surface area contributed by atoms with Gasteiger partial charge in [-0.25, -0.2) is 9.18 Å². The zero-order chi connectivity index (χ0) is 20.8. The molecular weight excluding hydrogens is 375 g/mol. The molecule has 0 aliphatic heterocycles. The molecular formula is C22H19FN2O4. The molecule has 0 aliphatic carbocycles. The number of likely N-dealkylation sites (N-methyl/N-ethyl adjacent to an activating group) is 1. The van der Waals surface area contributed by atoms with E-state index in [9.17, 15) is 18.8 Å². The SMILES string of the molecule is CN(CC(=O)Nc1ccc(F)cc1)C(=O)COC(=O)c1ccc2ccccc2c1. The van der Waals surface area contributed by atoms with Crippen LogP contribution in [0.5, 0.6) is 0 Å². The summed E-state index contributed by atoms with van der Waals surface area (Å²) >= 11 is 0. The number of nitrogens with zero attached hydrogens (tertiary/aromatic N) is 1. The van der Waals surface area contributed by atoms with Crippen LogP contribution in [-0.2, 0) is 14.3 Å². The van der Waals surface area contributed by atoms with Crippen LogP contribution in [0.4, 0.5) is 10.1 Å². The number of carbonyl (C=O) groups excluding carboxylic acids is 3. The van der Waals surface area contributed by atoms with E-state index < -0.39 is 30.2 Å². The molecule has 3 rings (SSSR count). The molecule has 0 aliphatic rings. The molecule has 0 aromatic heterocycles. The zero-order valence-electron chi connectivity index (χ0n) is 15.7. The predicted molar refractivity (Wildman–Crippen MR) is 107 cm³/mol. The fourth-order valence-electron chi connectivity index (χ4n) is 2.67. The first-order valence-corrected chi connectivity index (χ1v) is 8.88. The Bertz CT molecular complexity index is 1050. The molecule has 0 bridgehead atoms. The van der Waals surface area contributed by atoms with Crippen molar-refractivity contribution >= 4 is 34.2 Å². The van der Waals surface area contributed by atoms with Gasteiger partial charge in [0.2, 0.25) is 5.91 Å². The van der Waals surface area contributed by atoms with Gasteiger partial charge in [0, 0.05) is 12.7 Å². The van der Waals surface area contributed by atoms with E-state index in [1.165, 1.54) is 31.3 Å².